The molecule has 1 saturated carbocycles. The average molecular weight is 405 g/mol. The lowest BCUT2D eigenvalue weighted by Crippen LogP contribution is -2.40. The number of aryl methyl sites for hydroxylation is 1. The summed E-state index contributed by atoms with van der Waals surface area (Å²) in [5.74, 6) is 0.894. The molecule has 6 heteroatoms. The van der Waals surface area contributed by atoms with Gasteiger partial charge in [0.25, 0.3) is 0 Å². The number of hydrogen-bond donors (Lipinski definition) is 2. The fourth-order valence-electron chi connectivity index (χ4n) is 4.23. The third-order valence-electron chi connectivity index (χ3n) is 6.07. The van der Waals surface area contributed by atoms with Crippen LogP contribution in [0.15, 0.2) is 54.6 Å². The van der Waals surface area contributed by atoms with Crippen LogP contribution in [0.3, 0.4) is 0 Å². The second-order valence-corrected chi connectivity index (χ2v) is 8.31. The Kier molecular flexibility index (Phi) is 6.87. The number of nitrogens with two attached hydrogens (primary N) is 1. The van der Waals surface area contributed by atoms with Gasteiger partial charge in [0.05, 0.1) is 6.04 Å². The van der Waals surface area contributed by atoms with Crippen LogP contribution in [0, 0.1) is 0 Å². The van der Waals surface area contributed by atoms with Gasteiger partial charge in [-0.15, -0.1) is 5.10 Å². The van der Waals surface area contributed by atoms with Gasteiger partial charge >= 0.3 is 0 Å². The number of rotatable bonds is 8. The first-order valence-corrected chi connectivity index (χ1v) is 11.2. The summed E-state index contributed by atoms with van der Waals surface area (Å²) in [6.45, 7) is 3.03. The van der Waals surface area contributed by atoms with E-state index in [1.165, 1.54) is 16.7 Å². The molecule has 6 nitrogen and oxygen atoms in total. The van der Waals surface area contributed by atoms with Crippen molar-refractivity contribution < 1.29 is 0 Å². The van der Waals surface area contributed by atoms with Crippen LogP contribution in [0.25, 0.3) is 11.1 Å². The average Bonchev–Trinajstić information content (AvgIpc) is 3.26. The number of tetrazole rings is 1. The van der Waals surface area contributed by atoms with Crippen LogP contribution in [0.2, 0.25) is 0 Å². The molecule has 30 heavy (non-hydrogen) atoms. The number of aromatic nitrogens is 4. The summed E-state index contributed by atoms with van der Waals surface area (Å²) in [7, 11) is 0. The van der Waals surface area contributed by atoms with E-state index in [2.05, 4.69) is 76.3 Å². The van der Waals surface area contributed by atoms with Crippen LogP contribution in [0.4, 0.5) is 0 Å². The van der Waals surface area contributed by atoms with Crippen LogP contribution in [-0.4, -0.2) is 32.3 Å². The van der Waals surface area contributed by atoms with Gasteiger partial charge in [0.15, 0.2) is 5.82 Å². The van der Waals surface area contributed by atoms with Gasteiger partial charge in [0.1, 0.15) is 0 Å². The van der Waals surface area contributed by atoms with Gasteiger partial charge in [-0.3, -0.25) is 0 Å². The van der Waals surface area contributed by atoms with Crippen molar-refractivity contribution in [1.82, 2.24) is 25.5 Å². The van der Waals surface area contributed by atoms with Crippen LogP contribution in [0.1, 0.15) is 62.9 Å². The molecule has 0 radical (unpaired) electrons. The van der Waals surface area contributed by atoms with Crippen molar-refractivity contribution in [2.45, 2.75) is 70.1 Å². The molecule has 2 aromatic carbocycles. The van der Waals surface area contributed by atoms with E-state index in [0.29, 0.717) is 12.1 Å². The Morgan fingerprint density at radius 2 is 1.70 bits per heavy atom. The fraction of sp³-hybridized carbons (Fsp3) is 0.458. The zero-order valence-electron chi connectivity index (χ0n) is 17.7. The summed E-state index contributed by atoms with van der Waals surface area (Å²) in [5, 5.41) is 16.5. The minimum atomic E-state index is -0.0268. The maximum absolute atomic E-state index is 6.12. The van der Waals surface area contributed by atoms with E-state index in [1.807, 2.05) is 10.7 Å². The van der Waals surface area contributed by atoms with Crippen LogP contribution in [0.5, 0.6) is 0 Å². The highest BCUT2D eigenvalue weighted by Crippen LogP contribution is 2.27. The Morgan fingerprint density at radius 1 is 1.00 bits per heavy atom. The van der Waals surface area contributed by atoms with Gasteiger partial charge in [-0.25, -0.2) is 4.68 Å². The van der Waals surface area contributed by atoms with Gasteiger partial charge in [-0.2, -0.15) is 0 Å². The first-order valence-electron chi connectivity index (χ1n) is 11.2. The SMILES string of the molecule is CCCCn1nnnc1C(NC1CCC(N)CC1)c1ccc(-c2ccccc2)cc1. The lowest BCUT2D eigenvalue weighted by atomic mass is 9.90. The molecular formula is C24H32N6. The largest absolute Gasteiger partial charge is 0.328 e. The lowest BCUT2D eigenvalue weighted by molar-refractivity contribution is 0.320. The van der Waals surface area contributed by atoms with Crippen molar-refractivity contribution in [3.8, 4) is 11.1 Å². The summed E-state index contributed by atoms with van der Waals surface area (Å²) >= 11 is 0. The maximum atomic E-state index is 6.12. The molecule has 0 saturated heterocycles. The molecule has 1 fully saturated rings. The van der Waals surface area contributed by atoms with Crippen LogP contribution in [-0.2, 0) is 6.54 Å². The number of benzene rings is 2. The van der Waals surface area contributed by atoms with Crippen LogP contribution >= 0.6 is 0 Å². The summed E-state index contributed by atoms with van der Waals surface area (Å²) < 4.78 is 1.96. The monoisotopic (exact) mass is 404 g/mol. The number of unbranched alkanes of at least 4 members (excludes halogenated alkanes) is 1. The van der Waals surface area contributed by atoms with Crippen molar-refractivity contribution in [1.29, 1.82) is 0 Å². The molecule has 1 atom stereocenters. The van der Waals surface area contributed by atoms with E-state index in [9.17, 15) is 0 Å². The molecule has 4 rings (SSSR count). The molecule has 3 aromatic rings. The Hall–Kier alpha value is -2.57. The normalized spacial score (nSPS) is 20.2. The van der Waals surface area contributed by atoms with Gasteiger partial charge in [0.2, 0.25) is 0 Å². The first-order chi connectivity index (χ1) is 14.7. The minimum absolute atomic E-state index is 0.0268. The van der Waals surface area contributed by atoms with Crippen molar-refractivity contribution in [2.75, 3.05) is 0 Å². The van der Waals surface area contributed by atoms with E-state index >= 15 is 0 Å². The third-order valence-corrected chi connectivity index (χ3v) is 6.07. The lowest BCUT2D eigenvalue weighted by Gasteiger charge is -2.30. The molecule has 1 aliphatic carbocycles. The fourth-order valence-corrected chi connectivity index (χ4v) is 4.23. The molecule has 1 aliphatic rings. The Morgan fingerprint density at radius 3 is 2.40 bits per heavy atom. The van der Waals surface area contributed by atoms with Gasteiger partial charge in [0, 0.05) is 18.6 Å². The highest BCUT2D eigenvalue weighted by atomic mass is 15.5. The molecule has 0 spiro atoms. The zero-order chi connectivity index (χ0) is 20.8. The van der Waals surface area contributed by atoms with Crippen LogP contribution < -0.4 is 11.1 Å². The van der Waals surface area contributed by atoms with Gasteiger partial charge < -0.3 is 11.1 Å². The van der Waals surface area contributed by atoms with E-state index in [4.69, 9.17) is 5.73 Å². The molecule has 1 heterocycles. The van der Waals surface area contributed by atoms with E-state index in [1.54, 1.807) is 0 Å². The maximum Gasteiger partial charge on any atom is 0.172 e. The topological polar surface area (TPSA) is 81.7 Å². The molecule has 0 bridgehead atoms. The van der Waals surface area contributed by atoms with E-state index < -0.39 is 0 Å². The molecule has 1 unspecified atom stereocenters. The summed E-state index contributed by atoms with van der Waals surface area (Å²) in [5.41, 5.74) is 9.75. The minimum Gasteiger partial charge on any atom is -0.328 e. The Balaban J connectivity index is 1.60. The quantitative estimate of drug-likeness (QED) is 0.591. The zero-order valence-corrected chi connectivity index (χ0v) is 17.7. The standard InChI is InChI=1S/C24H32N6/c1-2-3-17-30-24(27-28-29-30)23(26-22-15-13-21(25)14-16-22)20-11-9-19(10-12-20)18-7-5-4-6-8-18/h4-12,21-23,26H,2-3,13-17,25H2,1H3. The van der Waals surface area contributed by atoms with Gasteiger partial charge in [-0.1, -0.05) is 67.9 Å². The highest BCUT2D eigenvalue weighted by Gasteiger charge is 2.26. The molecule has 0 amide bonds. The smallest absolute Gasteiger partial charge is 0.172 e. The summed E-state index contributed by atoms with van der Waals surface area (Å²) in [6, 6.07) is 20.0. The predicted molar refractivity (Wildman–Crippen MR) is 120 cm³/mol. The van der Waals surface area contributed by atoms with Crippen molar-refractivity contribution in [2.24, 2.45) is 5.73 Å². The predicted octanol–water partition coefficient (Wildman–Crippen LogP) is 4.09. The Labute approximate surface area is 178 Å². The molecular weight excluding hydrogens is 372 g/mol. The second kappa shape index (κ2) is 9.96. The number of nitrogens with one attached hydrogen (secondary N) is 1. The van der Waals surface area contributed by atoms with Crippen molar-refractivity contribution >= 4 is 0 Å². The highest BCUT2D eigenvalue weighted by molar-refractivity contribution is 5.63. The molecule has 0 aliphatic heterocycles. The molecule has 1 aromatic heterocycles. The van der Waals surface area contributed by atoms with Gasteiger partial charge in [-0.05, 0) is 59.2 Å². The Bertz CT molecular complexity index is 897. The van der Waals surface area contributed by atoms with Crippen molar-refractivity contribution in [3.63, 3.8) is 0 Å². The second-order valence-electron chi connectivity index (χ2n) is 8.31. The first kappa shape index (κ1) is 20.7. The third kappa shape index (κ3) is 4.94. The molecule has 3 N–H and O–H groups in total. The summed E-state index contributed by atoms with van der Waals surface area (Å²) in [4.78, 5) is 0. The molecule has 158 valence electrons. The number of nitrogens with zero attached hydrogens (tertiary/aromatic N) is 4. The van der Waals surface area contributed by atoms with Crippen molar-refractivity contribution in [3.05, 3.63) is 66.0 Å². The summed E-state index contributed by atoms with van der Waals surface area (Å²) in [6.07, 6.45) is 6.50. The number of hydrogen-bond acceptors (Lipinski definition) is 5. The van der Waals surface area contributed by atoms with E-state index in [-0.39, 0.29) is 6.04 Å². The van der Waals surface area contributed by atoms with E-state index in [0.717, 1.165) is 50.9 Å².